The number of carbonyl (C=O) groups is 1. The number of rotatable bonds is 7. The maximum atomic E-state index is 12.0. The van der Waals surface area contributed by atoms with E-state index in [1.54, 1.807) is 0 Å². The molecule has 1 atom stereocenters. The van der Waals surface area contributed by atoms with Crippen molar-refractivity contribution in [2.45, 2.75) is 5.92 Å². The van der Waals surface area contributed by atoms with Crippen molar-refractivity contribution in [2.24, 2.45) is 0 Å². The monoisotopic (exact) mass is 373 g/mol. The van der Waals surface area contributed by atoms with E-state index in [1.165, 1.54) is 7.11 Å². The minimum absolute atomic E-state index is 0.230. The molecule has 0 bridgehead atoms. The van der Waals surface area contributed by atoms with Crippen molar-refractivity contribution in [3.63, 3.8) is 0 Å². The molecule has 0 fully saturated rings. The summed E-state index contributed by atoms with van der Waals surface area (Å²) in [5, 5.41) is 3.28. The molecule has 2 rings (SSSR count). The standard InChI is InChI=1S/C19H20BrNO2/c1-23-19(22)18(16-9-11-17(20)12-10-16)14-21-13-5-8-15-6-3-2-4-7-15/h2-12,18,21H,13-14H2,1H3/b8-5+/t18-/m1/s1. The van der Waals surface area contributed by atoms with Crippen LogP contribution in [-0.2, 0) is 9.53 Å². The number of methoxy groups -OCH3 is 1. The third-order valence-electron chi connectivity index (χ3n) is 3.48. The van der Waals surface area contributed by atoms with Gasteiger partial charge in [-0.15, -0.1) is 0 Å². The van der Waals surface area contributed by atoms with Crippen LogP contribution in [0.2, 0.25) is 0 Å². The predicted octanol–water partition coefficient (Wildman–Crippen LogP) is 4.01. The summed E-state index contributed by atoms with van der Waals surface area (Å²) in [6.45, 7) is 1.23. The maximum absolute atomic E-state index is 12.0. The van der Waals surface area contributed by atoms with Gasteiger partial charge >= 0.3 is 5.97 Å². The fourth-order valence-electron chi connectivity index (χ4n) is 2.24. The zero-order valence-corrected chi connectivity index (χ0v) is 14.6. The summed E-state index contributed by atoms with van der Waals surface area (Å²) < 4.78 is 5.90. The zero-order chi connectivity index (χ0) is 16.5. The molecule has 2 aromatic rings. The van der Waals surface area contributed by atoms with E-state index in [-0.39, 0.29) is 11.9 Å². The number of esters is 1. The van der Waals surface area contributed by atoms with E-state index in [0.29, 0.717) is 13.1 Å². The summed E-state index contributed by atoms with van der Waals surface area (Å²) in [6.07, 6.45) is 4.10. The Labute approximate surface area is 145 Å². The lowest BCUT2D eigenvalue weighted by Gasteiger charge is -2.15. The van der Waals surface area contributed by atoms with E-state index in [0.717, 1.165) is 15.6 Å². The number of hydrogen-bond acceptors (Lipinski definition) is 3. The molecule has 120 valence electrons. The fourth-order valence-corrected chi connectivity index (χ4v) is 2.51. The average Bonchev–Trinajstić information content (AvgIpc) is 2.59. The van der Waals surface area contributed by atoms with Crippen LogP contribution in [-0.4, -0.2) is 26.2 Å². The Morgan fingerprint density at radius 3 is 2.52 bits per heavy atom. The van der Waals surface area contributed by atoms with E-state index in [1.807, 2.05) is 48.5 Å². The Morgan fingerprint density at radius 2 is 1.87 bits per heavy atom. The van der Waals surface area contributed by atoms with Gasteiger partial charge in [-0.05, 0) is 23.3 Å². The van der Waals surface area contributed by atoms with Crippen LogP contribution in [0.15, 0.2) is 65.1 Å². The minimum atomic E-state index is -0.307. The lowest BCUT2D eigenvalue weighted by Crippen LogP contribution is -2.27. The molecule has 1 N–H and O–H groups in total. The van der Waals surface area contributed by atoms with Gasteiger partial charge in [0, 0.05) is 17.6 Å². The van der Waals surface area contributed by atoms with Crippen LogP contribution in [0.5, 0.6) is 0 Å². The van der Waals surface area contributed by atoms with Crippen LogP contribution in [0.25, 0.3) is 6.08 Å². The molecule has 0 saturated heterocycles. The molecule has 23 heavy (non-hydrogen) atoms. The van der Waals surface area contributed by atoms with Gasteiger partial charge in [-0.25, -0.2) is 0 Å². The number of ether oxygens (including phenoxy) is 1. The molecule has 0 aliphatic rings. The lowest BCUT2D eigenvalue weighted by molar-refractivity contribution is -0.142. The quantitative estimate of drug-likeness (QED) is 0.588. The highest BCUT2D eigenvalue weighted by molar-refractivity contribution is 9.10. The van der Waals surface area contributed by atoms with Gasteiger partial charge in [-0.3, -0.25) is 4.79 Å². The topological polar surface area (TPSA) is 38.3 Å². The van der Waals surface area contributed by atoms with Crippen LogP contribution >= 0.6 is 15.9 Å². The van der Waals surface area contributed by atoms with Crippen molar-refractivity contribution in [3.05, 3.63) is 76.3 Å². The molecular weight excluding hydrogens is 354 g/mol. The van der Waals surface area contributed by atoms with E-state index in [9.17, 15) is 4.79 Å². The number of hydrogen-bond donors (Lipinski definition) is 1. The summed E-state index contributed by atoms with van der Waals surface area (Å²) in [5.74, 6) is -0.537. The van der Waals surface area contributed by atoms with E-state index >= 15 is 0 Å². The van der Waals surface area contributed by atoms with Gasteiger partial charge in [0.1, 0.15) is 0 Å². The maximum Gasteiger partial charge on any atom is 0.314 e. The lowest BCUT2D eigenvalue weighted by atomic mass is 9.99. The molecule has 0 heterocycles. The molecule has 0 radical (unpaired) electrons. The molecule has 3 nitrogen and oxygen atoms in total. The smallest absolute Gasteiger partial charge is 0.314 e. The normalized spacial score (nSPS) is 12.3. The summed E-state index contributed by atoms with van der Waals surface area (Å²) in [5.41, 5.74) is 2.10. The van der Waals surface area contributed by atoms with Crippen LogP contribution in [0.3, 0.4) is 0 Å². The first-order chi connectivity index (χ1) is 11.2. The number of benzene rings is 2. The second kappa shape index (κ2) is 9.28. The largest absolute Gasteiger partial charge is 0.469 e. The van der Waals surface area contributed by atoms with Crippen molar-refractivity contribution in [3.8, 4) is 0 Å². The molecule has 0 aliphatic carbocycles. The summed E-state index contributed by atoms with van der Waals surface area (Å²) in [6, 6.07) is 17.9. The summed E-state index contributed by atoms with van der Waals surface area (Å²) >= 11 is 3.40. The van der Waals surface area contributed by atoms with E-state index in [4.69, 9.17) is 4.74 Å². The minimum Gasteiger partial charge on any atom is -0.469 e. The molecule has 4 heteroatoms. The Hall–Kier alpha value is -1.91. The van der Waals surface area contributed by atoms with E-state index in [2.05, 4.69) is 39.5 Å². The van der Waals surface area contributed by atoms with Crippen LogP contribution in [0.4, 0.5) is 0 Å². The highest BCUT2D eigenvalue weighted by atomic mass is 79.9. The molecular formula is C19H20BrNO2. The second-order valence-electron chi connectivity index (χ2n) is 5.10. The van der Waals surface area contributed by atoms with Gasteiger partial charge in [0.2, 0.25) is 0 Å². The van der Waals surface area contributed by atoms with Gasteiger partial charge in [-0.2, -0.15) is 0 Å². The Bertz CT molecular complexity index is 638. The highest BCUT2D eigenvalue weighted by Gasteiger charge is 2.20. The number of halogens is 1. The molecule has 0 saturated carbocycles. The molecule has 0 spiro atoms. The summed E-state index contributed by atoms with van der Waals surface area (Å²) in [4.78, 5) is 12.0. The van der Waals surface area contributed by atoms with E-state index < -0.39 is 0 Å². The van der Waals surface area contributed by atoms with Gasteiger partial charge in [0.25, 0.3) is 0 Å². The summed E-state index contributed by atoms with van der Waals surface area (Å²) in [7, 11) is 1.42. The molecule has 0 aromatic heterocycles. The Morgan fingerprint density at radius 1 is 1.17 bits per heavy atom. The molecule has 2 aromatic carbocycles. The highest BCUT2D eigenvalue weighted by Crippen LogP contribution is 2.19. The first-order valence-electron chi connectivity index (χ1n) is 7.46. The number of nitrogens with one attached hydrogen (secondary N) is 1. The second-order valence-corrected chi connectivity index (χ2v) is 6.01. The fraction of sp³-hybridized carbons (Fsp3) is 0.211. The molecule has 0 unspecified atom stereocenters. The van der Waals surface area contributed by atoms with Gasteiger partial charge in [0.05, 0.1) is 13.0 Å². The van der Waals surface area contributed by atoms with Crippen LogP contribution in [0.1, 0.15) is 17.0 Å². The average molecular weight is 374 g/mol. The van der Waals surface area contributed by atoms with Crippen molar-refractivity contribution < 1.29 is 9.53 Å². The third kappa shape index (κ3) is 5.66. The molecule has 0 amide bonds. The predicted molar refractivity (Wildman–Crippen MR) is 97.2 cm³/mol. The van der Waals surface area contributed by atoms with Crippen LogP contribution in [0, 0.1) is 0 Å². The van der Waals surface area contributed by atoms with Crippen LogP contribution < -0.4 is 5.32 Å². The zero-order valence-electron chi connectivity index (χ0n) is 13.0. The first kappa shape index (κ1) is 17.4. The van der Waals surface area contributed by atoms with Crippen molar-refractivity contribution in [1.82, 2.24) is 5.32 Å². The molecule has 0 aliphatic heterocycles. The number of carbonyl (C=O) groups excluding carboxylic acids is 1. The van der Waals surface area contributed by atoms with Crippen molar-refractivity contribution in [1.29, 1.82) is 0 Å². The van der Waals surface area contributed by atoms with Crippen molar-refractivity contribution in [2.75, 3.05) is 20.2 Å². The van der Waals surface area contributed by atoms with Gasteiger partial charge in [0.15, 0.2) is 0 Å². The Balaban J connectivity index is 1.90. The third-order valence-corrected chi connectivity index (χ3v) is 4.01. The SMILES string of the molecule is COC(=O)[C@H](CNC/C=C/c1ccccc1)c1ccc(Br)cc1. The van der Waals surface area contributed by atoms with Crippen molar-refractivity contribution >= 4 is 28.0 Å². The Kier molecular flexibility index (Phi) is 7.04. The van der Waals surface area contributed by atoms with Gasteiger partial charge < -0.3 is 10.1 Å². The van der Waals surface area contributed by atoms with Gasteiger partial charge in [-0.1, -0.05) is 70.5 Å². The first-order valence-corrected chi connectivity index (χ1v) is 8.25.